The number of thiol groups is 1. The number of aliphatic hydroxyl groups excluding tert-OH is 1. The third-order valence-electron chi connectivity index (χ3n) is 2.30. The summed E-state index contributed by atoms with van der Waals surface area (Å²) in [5.74, 6) is -2.36. The van der Waals surface area contributed by atoms with Crippen molar-refractivity contribution in [3.63, 3.8) is 0 Å². The molecule has 0 saturated heterocycles. The van der Waals surface area contributed by atoms with Gasteiger partial charge in [-0.3, -0.25) is 4.79 Å². The normalized spacial score (nSPS) is 12.1. The molecule has 0 bridgehead atoms. The van der Waals surface area contributed by atoms with E-state index in [-0.39, 0.29) is 18.4 Å². The number of aliphatic carboxylic acids is 2. The molecule has 0 aliphatic carbocycles. The SMILES string of the molecule is O=C(O)CCc1c(S)cccc1C(O)C(=O)O. The van der Waals surface area contributed by atoms with Gasteiger partial charge in [0.25, 0.3) is 0 Å². The molecule has 0 aliphatic heterocycles. The predicted octanol–water partition coefficient (Wildman–Crippen LogP) is 1.11. The highest BCUT2D eigenvalue weighted by atomic mass is 32.1. The van der Waals surface area contributed by atoms with E-state index >= 15 is 0 Å². The van der Waals surface area contributed by atoms with E-state index in [9.17, 15) is 14.7 Å². The highest BCUT2D eigenvalue weighted by molar-refractivity contribution is 7.80. The smallest absolute Gasteiger partial charge is 0.337 e. The zero-order valence-electron chi connectivity index (χ0n) is 8.83. The van der Waals surface area contributed by atoms with Crippen LogP contribution in [0.15, 0.2) is 23.1 Å². The molecule has 17 heavy (non-hydrogen) atoms. The van der Waals surface area contributed by atoms with E-state index in [0.717, 1.165) is 0 Å². The first-order chi connectivity index (χ1) is 7.93. The maximum absolute atomic E-state index is 10.7. The van der Waals surface area contributed by atoms with Crippen LogP contribution in [0.3, 0.4) is 0 Å². The number of hydrogen-bond acceptors (Lipinski definition) is 4. The second-order valence-corrected chi connectivity index (χ2v) is 3.96. The van der Waals surface area contributed by atoms with Crippen molar-refractivity contribution in [1.82, 2.24) is 0 Å². The largest absolute Gasteiger partial charge is 0.481 e. The van der Waals surface area contributed by atoms with E-state index in [1.807, 2.05) is 0 Å². The molecule has 1 aromatic rings. The van der Waals surface area contributed by atoms with E-state index in [4.69, 9.17) is 10.2 Å². The van der Waals surface area contributed by atoms with Gasteiger partial charge < -0.3 is 15.3 Å². The van der Waals surface area contributed by atoms with Gasteiger partial charge in [-0.05, 0) is 23.6 Å². The highest BCUT2D eigenvalue weighted by Gasteiger charge is 2.20. The van der Waals surface area contributed by atoms with E-state index in [2.05, 4.69) is 12.6 Å². The van der Waals surface area contributed by atoms with Crippen molar-refractivity contribution in [3.8, 4) is 0 Å². The summed E-state index contributed by atoms with van der Waals surface area (Å²) in [6.45, 7) is 0. The molecule has 0 spiro atoms. The van der Waals surface area contributed by atoms with Crippen molar-refractivity contribution in [2.75, 3.05) is 0 Å². The monoisotopic (exact) mass is 256 g/mol. The maximum Gasteiger partial charge on any atom is 0.337 e. The van der Waals surface area contributed by atoms with Crippen LogP contribution in [0.25, 0.3) is 0 Å². The summed E-state index contributed by atoms with van der Waals surface area (Å²) < 4.78 is 0. The number of benzene rings is 1. The molecule has 0 amide bonds. The summed E-state index contributed by atoms with van der Waals surface area (Å²) in [6.07, 6.45) is -1.67. The molecule has 5 nitrogen and oxygen atoms in total. The second kappa shape index (κ2) is 5.70. The van der Waals surface area contributed by atoms with Gasteiger partial charge in [-0.2, -0.15) is 0 Å². The van der Waals surface area contributed by atoms with E-state index in [1.165, 1.54) is 6.07 Å². The average molecular weight is 256 g/mol. The summed E-state index contributed by atoms with van der Waals surface area (Å²) in [5.41, 5.74) is 0.638. The number of carboxylic acid groups (broad SMARTS) is 2. The predicted molar refractivity (Wildman–Crippen MR) is 62.2 cm³/mol. The molecule has 0 saturated carbocycles. The van der Waals surface area contributed by atoms with Gasteiger partial charge in [0.2, 0.25) is 0 Å². The third kappa shape index (κ3) is 3.47. The van der Waals surface area contributed by atoms with Gasteiger partial charge in [0.05, 0.1) is 0 Å². The fourth-order valence-corrected chi connectivity index (χ4v) is 1.81. The molecular weight excluding hydrogens is 244 g/mol. The Labute approximate surface area is 103 Å². The number of carbonyl (C=O) groups is 2. The Bertz CT molecular complexity index is 443. The zero-order valence-corrected chi connectivity index (χ0v) is 9.72. The molecule has 3 N–H and O–H groups in total. The Morgan fingerprint density at radius 1 is 1.29 bits per heavy atom. The standard InChI is InChI=1S/C11H12O5S/c12-9(13)5-4-6-7(10(14)11(15)16)2-1-3-8(6)17/h1-3,10,14,17H,4-5H2,(H,12,13)(H,15,16). The van der Waals surface area contributed by atoms with Crippen molar-refractivity contribution in [1.29, 1.82) is 0 Å². The second-order valence-electron chi connectivity index (χ2n) is 3.48. The Kier molecular flexibility index (Phi) is 4.53. The Morgan fingerprint density at radius 2 is 1.94 bits per heavy atom. The van der Waals surface area contributed by atoms with Gasteiger partial charge in [-0.1, -0.05) is 12.1 Å². The maximum atomic E-state index is 10.7. The van der Waals surface area contributed by atoms with Crippen LogP contribution in [-0.2, 0) is 16.0 Å². The molecule has 1 aromatic carbocycles. The fourth-order valence-electron chi connectivity index (χ4n) is 1.49. The Hall–Kier alpha value is -1.53. The summed E-state index contributed by atoms with van der Waals surface area (Å²) >= 11 is 4.14. The van der Waals surface area contributed by atoms with Crippen molar-refractivity contribution in [2.45, 2.75) is 23.8 Å². The molecule has 0 aliphatic rings. The van der Waals surface area contributed by atoms with Crippen LogP contribution in [0.4, 0.5) is 0 Å². The summed E-state index contributed by atoms with van der Waals surface area (Å²) in [6, 6.07) is 4.64. The minimum Gasteiger partial charge on any atom is -0.481 e. The van der Waals surface area contributed by atoms with Gasteiger partial charge in [0.1, 0.15) is 0 Å². The van der Waals surface area contributed by atoms with Gasteiger partial charge in [-0.25, -0.2) is 4.79 Å². The van der Waals surface area contributed by atoms with E-state index < -0.39 is 18.0 Å². The third-order valence-corrected chi connectivity index (χ3v) is 2.72. The molecule has 6 heteroatoms. The average Bonchev–Trinajstić information content (AvgIpc) is 2.25. The molecule has 0 fully saturated rings. The number of hydrogen-bond donors (Lipinski definition) is 4. The number of rotatable bonds is 5. The summed E-state index contributed by atoms with van der Waals surface area (Å²) in [4.78, 5) is 21.7. The lowest BCUT2D eigenvalue weighted by Crippen LogP contribution is -2.13. The minimum absolute atomic E-state index is 0.134. The zero-order chi connectivity index (χ0) is 13.0. The highest BCUT2D eigenvalue weighted by Crippen LogP contribution is 2.25. The van der Waals surface area contributed by atoms with E-state index in [0.29, 0.717) is 10.5 Å². The number of carboxylic acids is 2. The van der Waals surface area contributed by atoms with Gasteiger partial charge >= 0.3 is 11.9 Å². The molecule has 1 unspecified atom stereocenters. The molecular formula is C11H12O5S. The first-order valence-corrected chi connectivity index (χ1v) is 5.31. The topological polar surface area (TPSA) is 94.8 Å². The van der Waals surface area contributed by atoms with Gasteiger partial charge in [-0.15, -0.1) is 12.6 Å². The van der Waals surface area contributed by atoms with Gasteiger partial charge in [0, 0.05) is 11.3 Å². The van der Waals surface area contributed by atoms with Crippen LogP contribution in [-0.4, -0.2) is 27.3 Å². The van der Waals surface area contributed by atoms with Crippen LogP contribution >= 0.6 is 12.6 Å². The molecule has 0 radical (unpaired) electrons. The molecule has 92 valence electrons. The van der Waals surface area contributed by atoms with Crippen LogP contribution < -0.4 is 0 Å². The summed E-state index contributed by atoms with van der Waals surface area (Å²) in [7, 11) is 0. The Morgan fingerprint density at radius 3 is 2.47 bits per heavy atom. The van der Waals surface area contributed by atoms with Crippen LogP contribution in [0.1, 0.15) is 23.7 Å². The molecule has 0 heterocycles. The van der Waals surface area contributed by atoms with Crippen molar-refractivity contribution in [2.24, 2.45) is 0 Å². The van der Waals surface area contributed by atoms with Crippen molar-refractivity contribution in [3.05, 3.63) is 29.3 Å². The quantitative estimate of drug-likeness (QED) is 0.592. The summed E-state index contributed by atoms with van der Waals surface area (Å²) in [5, 5.41) is 26.8. The van der Waals surface area contributed by atoms with E-state index in [1.54, 1.807) is 12.1 Å². The van der Waals surface area contributed by atoms with Crippen LogP contribution in [0.2, 0.25) is 0 Å². The molecule has 0 aromatic heterocycles. The minimum atomic E-state index is -1.66. The van der Waals surface area contributed by atoms with Gasteiger partial charge in [0.15, 0.2) is 6.10 Å². The van der Waals surface area contributed by atoms with Crippen LogP contribution in [0.5, 0.6) is 0 Å². The fraction of sp³-hybridized carbons (Fsp3) is 0.273. The number of aliphatic hydroxyl groups is 1. The first kappa shape index (κ1) is 13.5. The molecule has 1 rings (SSSR count). The molecule has 1 atom stereocenters. The van der Waals surface area contributed by atoms with Crippen molar-refractivity contribution < 1.29 is 24.9 Å². The lowest BCUT2D eigenvalue weighted by molar-refractivity contribution is -0.147. The lowest BCUT2D eigenvalue weighted by Gasteiger charge is -2.13. The van der Waals surface area contributed by atoms with Crippen LogP contribution in [0, 0.1) is 0 Å². The van der Waals surface area contributed by atoms with Crippen molar-refractivity contribution >= 4 is 24.6 Å². The lowest BCUT2D eigenvalue weighted by atomic mass is 9.98. The first-order valence-electron chi connectivity index (χ1n) is 4.87. The Balaban J connectivity index is 3.07.